The van der Waals surface area contributed by atoms with Crippen LogP contribution in [0.2, 0.25) is 0 Å². The van der Waals surface area contributed by atoms with Gasteiger partial charge in [-0.05, 0) is 47.5 Å². The number of esters is 1. The molecular weight excluding hydrogens is 422 g/mol. The zero-order chi connectivity index (χ0) is 22.9. The van der Waals surface area contributed by atoms with Gasteiger partial charge in [-0.15, -0.1) is 0 Å². The van der Waals surface area contributed by atoms with Gasteiger partial charge in [0, 0.05) is 29.0 Å². The van der Waals surface area contributed by atoms with Crippen LogP contribution in [0.15, 0.2) is 66.7 Å². The van der Waals surface area contributed by atoms with E-state index in [0.29, 0.717) is 34.6 Å². The summed E-state index contributed by atoms with van der Waals surface area (Å²) < 4.78 is 5.50. The van der Waals surface area contributed by atoms with Crippen molar-refractivity contribution in [2.45, 2.75) is 19.1 Å². The van der Waals surface area contributed by atoms with Crippen LogP contribution in [0.5, 0.6) is 0 Å². The molecule has 0 saturated carbocycles. The standard InChI is InChI=1S/C25H19N3O5/c29-21-12-17-10-16(7-8-19(17)27-21)25(32)33-22-18-11-15(6-9-20(18)28-24(22)31)23(30)26-13-14-4-2-1-3-5-14/h1-11,22H,12-13H2,(H,26,30)(H,27,29)(H,28,31). The first kappa shape index (κ1) is 20.4. The highest BCUT2D eigenvalue weighted by Crippen LogP contribution is 2.35. The fourth-order valence-electron chi connectivity index (χ4n) is 3.90. The minimum Gasteiger partial charge on any atom is -0.444 e. The number of benzene rings is 3. The highest BCUT2D eigenvalue weighted by molar-refractivity contribution is 6.06. The number of hydrogen-bond acceptors (Lipinski definition) is 5. The van der Waals surface area contributed by atoms with Crippen LogP contribution >= 0.6 is 0 Å². The second-order valence-electron chi connectivity index (χ2n) is 7.84. The van der Waals surface area contributed by atoms with E-state index in [1.54, 1.807) is 30.3 Å². The summed E-state index contributed by atoms with van der Waals surface area (Å²) in [5.41, 5.74) is 3.81. The molecule has 0 bridgehead atoms. The van der Waals surface area contributed by atoms with Crippen molar-refractivity contribution in [1.82, 2.24) is 5.32 Å². The summed E-state index contributed by atoms with van der Waals surface area (Å²) >= 11 is 0. The van der Waals surface area contributed by atoms with Crippen molar-refractivity contribution >= 4 is 35.1 Å². The maximum absolute atomic E-state index is 12.7. The van der Waals surface area contributed by atoms with Crippen LogP contribution in [0.1, 0.15) is 43.5 Å². The van der Waals surface area contributed by atoms with E-state index in [9.17, 15) is 19.2 Å². The predicted octanol–water partition coefficient (Wildman–Crippen LogP) is 2.96. The van der Waals surface area contributed by atoms with Gasteiger partial charge in [-0.1, -0.05) is 30.3 Å². The van der Waals surface area contributed by atoms with Crippen molar-refractivity contribution in [1.29, 1.82) is 0 Å². The lowest BCUT2D eigenvalue weighted by molar-refractivity contribution is -0.124. The van der Waals surface area contributed by atoms with Crippen molar-refractivity contribution in [3.8, 4) is 0 Å². The normalized spacial score (nSPS) is 15.8. The van der Waals surface area contributed by atoms with E-state index in [2.05, 4.69) is 16.0 Å². The zero-order valence-corrected chi connectivity index (χ0v) is 17.4. The Balaban J connectivity index is 1.32. The highest BCUT2D eigenvalue weighted by Gasteiger charge is 2.35. The topological polar surface area (TPSA) is 114 Å². The van der Waals surface area contributed by atoms with Crippen LogP contribution in [0.25, 0.3) is 0 Å². The average Bonchev–Trinajstić information content (AvgIpc) is 3.35. The molecule has 33 heavy (non-hydrogen) atoms. The van der Waals surface area contributed by atoms with Crippen molar-refractivity contribution < 1.29 is 23.9 Å². The van der Waals surface area contributed by atoms with E-state index < -0.39 is 18.0 Å². The van der Waals surface area contributed by atoms with Gasteiger partial charge in [-0.3, -0.25) is 14.4 Å². The quantitative estimate of drug-likeness (QED) is 0.527. The SMILES string of the molecule is O=C1Cc2cc(C(=O)OC3C(=O)Nc4ccc(C(=O)NCc5ccccc5)cc43)ccc2N1. The fraction of sp³-hybridized carbons (Fsp3) is 0.120. The van der Waals surface area contributed by atoms with E-state index in [0.717, 1.165) is 5.56 Å². The Morgan fingerprint density at radius 2 is 1.67 bits per heavy atom. The van der Waals surface area contributed by atoms with Crippen molar-refractivity contribution in [2.75, 3.05) is 10.6 Å². The van der Waals surface area contributed by atoms with Crippen LogP contribution in [0.3, 0.4) is 0 Å². The summed E-state index contributed by atoms with van der Waals surface area (Å²) in [4.78, 5) is 49.4. The molecule has 3 amide bonds. The van der Waals surface area contributed by atoms with E-state index in [1.165, 1.54) is 6.07 Å². The maximum atomic E-state index is 12.7. The van der Waals surface area contributed by atoms with Gasteiger partial charge in [0.1, 0.15) is 0 Å². The third-order valence-corrected chi connectivity index (χ3v) is 5.58. The molecule has 1 atom stereocenters. The first-order valence-electron chi connectivity index (χ1n) is 10.4. The first-order valence-corrected chi connectivity index (χ1v) is 10.4. The van der Waals surface area contributed by atoms with Crippen molar-refractivity contribution in [3.05, 3.63) is 94.5 Å². The molecule has 2 aliphatic rings. The molecule has 8 nitrogen and oxygen atoms in total. The molecule has 3 aromatic rings. The number of hydrogen-bond donors (Lipinski definition) is 3. The molecule has 3 N–H and O–H groups in total. The summed E-state index contributed by atoms with van der Waals surface area (Å²) in [6, 6.07) is 19.0. The van der Waals surface area contributed by atoms with E-state index >= 15 is 0 Å². The molecular formula is C25H19N3O5. The maximum Gasteiger partial charge on any atom is 0.339 e. The number of anilines is 2. The van der Waals surface area contributed by atoms with Gasteiger partial charge in [0.2, 0.25) is 12.0 Å². The predicted molar refractivity (Wildman–Crippen MR) is 120 cm³/mol. The number of nitrogens with one attached hydrogen (secondary N) is 3. The van der Waals surface area contributed by atoms with Gasteiger partial charge in [-0.2, -0.15) is 0 Å². The second kappa shape index (κ2) is 8.23. The fourth-order valence-corrected chi connectivity index (χ4v) is 3.90. The molecule has 0 aromatic heterocycles. The number of rotatable bonds is 5. The number of carbonyl (C=O) groups is 4. The third-order valence-electron chi connectivity index (χ3n) is 5.58. The Morgan fingerprint density at radius 1 is 0.909 bits per heavy atom. The number of amides is 3. The Morgan fingerprint density at radius 3 is 2.48 bits per heavy atom. The van der Waals surface area contributed by atoms with Crippen LogP contribution in [-0.4, -0.2) is 23.7 Å². The summed E-state index contributed by atoms with van der Waals surface area (Å²) in [7, 11) is 0. The van der Waals surface area contributed by atoms with Gasteiger partial charge in [0.15, 0.2) is 0 Å². The van der Waals surface area contributed by atoms with Crippen LogP contribution in [-0.2, 0) is 27.3 Å². The van der Waals surface area contributed by atoms with E-state index in [4.69, 9.17) is 4.74 Å². The molecule has 0 spiro atoms. The molecule has 8 heteroatoms. The van der Waals surface area contributed by atoms with Crippen molar-refractivity contribution in [3.63, 3.8) is 0 Å². The Hall–Kier alpha value is -4.46. The lowest BCUT2D eigenvalue weighted by atomic mass is 10.1. The first-order chi connectivity index (χ1) is 16.0. The lowest BCUT2D eigenvalue weighted by Gasteiger charge is -2.13. The Labute approximate surface area is 188 Å². The monoisotopic (exact) mass is 441 g/mol. The van der Waals surface area contributed by atoms with Gasteiger partial charge in [0.05, 0.1) is 12.0 Å². The van der Waals surface area contributed by atoms with Gasteiger partial charge in [-0.25, -0.2) is 4.79 Å². The second-order valence-corrected chi connectivity index (χ2v) is 7.84. The Kier molecular flexibility index (Phi) is 5.10. The average molecular weight is 441 g/mol. The van der Waals surface area contributed by atoms with Crippen LogP contribution in [0, 0.1) is 0 Å². The number of carbonyl (C=O) groups excluding carboxylic acids is 4. The molecule has 0 aliphatic carbocycles. The molecule has 2 heterocycles. The molecule has 2 aliphatic heterocycles. The smallest absolute Gasteiger partial charge is 0.339 e. The minimum atomic E-state index is -1.18. The number of ether oxygens (including phenoxy) is 1. The van der Waals surface area contributed by atoms with E-state index in [1.807, 2.05) is 30.3 Å². The molecule has 0 fully saturated rings. The minimum absolute atomic E-state index is 0.141. The largest absolute Gasteiger partial charge is 0.444 e. The van der Waals surface area contributed by atoms with Gasteiger partial charge in [0.25, 0.3) is 11.8 Å². The summed E-state index contributed by atoms with van der Waals surface area (Å²) in [5.74, 6) is -1.62. The van der Waals surface area contributed by atoms with Crippen LogP contribution < -0.4 is 16.0 Å². The lowest BCUT2D eigenvalue weighted by Crippen LogP contribution is -2.23. The summed E-state index contributed by atoms with van der Waals surface area (Å²) in [5, 5.41) is 8.22. The van der Waals surface area contributed by atoms with Gasteiger partial charge < -0.3 is 20.7 Å². The summed E-state index contributed by atoms with van der Waals surface area (Å²) in [6.07, 6.45) is -0.993. The Bertz CT molecular complexity index is 1300. The molecule has 1 unspecified atom stereocenters. The number of fused-ring (bicyclic) bond motifs is 2. The molecule has 5 rings (SSSR count). The molecule has 0 saturated heterocycles. The molecule has 3 aromatic carbocycles. The zero-order valence-electron chi connectivity index (χ0n) is 17.4. The molecule has 0 radical (unpaired) electrons. The third kappa shape index (κ3) is 4.06. The van der Waals surface area contributed by atoms with Gasteiger partial charge >= 0.3 is 5.97 Å². The van der Waals surface area contributed by atoms with E-state index in [-0.39, 0.29) is 23.8 Å². The highest BCUT2D eigenvalue weighted by atomic mass is 16.5. The molecule has 164 valence electrons. The van der Waals surface area contributed by atoms with Crippen molar-refractivity contribution in [2.24, 2.45) is 0 Å². The summed E-state index contributed by atoms with van der Waals surface area (Å²) in [6.45, 7) is 0.363. The van der Waals surface area contributed by atoms with Crippen LogP contribution in [0.4, 0.5) is 11.4 Å².